The van der Waals surface area contributed by atoms with Gasteiger partial charge in [0.15, 0.2) is 0 Å². The Bertz CT molecular complexity index is 468. The van der Waals surface area contributed by atoms with Gasteiger partial charge in [0.1, 0.15) is 0 Å². The average Bonchev–Trinajstić information content (AvgIpc) is 2.82. The van der Waals surface area contributed by atoms with E-state index in [-0.39, 0.29) is 38.6 Å². The summed E-state index contributed by atoms with van der Waals surface area (Å²) in [5.41, 5.74) is 2.02. The summed E-state index contributed by atoms with van der Waals surface area (Å²) < 4.78 is 0. The van der Waals surface area contributed by atoms with Crippen LogP contribution in [0.15, 0.2) is 35.3 Å². The first-order valence-electron chi connectivity index (χ1n) is 5.20. The molecule has 0 aliphatic carbocycles. The molecule has 4 heteroatoms. The Hall–Kier alpha value is -0.976. The van der Waals surface area contributed by atoms with Crippen LogP contribution < -0.4 is 5.32 Å². The molecule has 1 N–H and O–H groups in total. The first-order valence-corrected chi connectivity index (χ1v) is 5.20. The Morgan fingerprint density at radius 2 is 2.12 bits per heavy atom. The number of nitriles is 1. The van der Waals surface area contributed by atoms with E-state index >= 15 is 0 Å². The fraction of sp³-hybridized carbons (Fsp3) is 0.231. The van der Waals surface area contributed by atoms with Crippen molar-refractivity contribution >= 4 is 11.5 Å². The van der Waals surface area contributed by atoms with Crippen molar-refractivity contribution in [2.24, 2.45) is 4.99 Å². The summed E-state index contributed by atoms with van der Waals surface area (Å²) in [6.45, 7) is 1.89. The molecular weight excluding hydrogens is 287 g/mol. The third kappa shape index (κ3) is 3.76. The van der Waals surface area contributed by atoms with Gasteiger partial charge in [0.2, 0.25) is 0 Å². The van der Waals surface area contributed by atoms with Gasteiger partial charge in [0.05, 0.1) is 12.0 Å². The Morgan fingerprint density at radius 1 is 1.41 bits per heavy atom. The largest absolute Gasteiger partial charge is 0.441 e. The monoisotopic (exact) mass is 299 g/mol. The first kappa shape index (κ1) is 14.1. The molecule has 0 amide bonds. The van der Waals surface area contributed by atoms with Gasteiger partial charge in [-0.3, -0.25) is 0 Å². The Morgan fingerprint density at radius 3 is 2.65 bits per heavy atom. The van der Waals surface area contributed by atoms with E-state index in [1.807, 2.05) is 37.3 Å². The molecule has 17 heavy (non-hydrogen) atoms. The van der Waals surface area contributed by atoms with Crippen LogP contribution in [-0.2, 0) is 32.7 Å². The first-order chi connectivity index (χ1) is 7.79. The number of anilines is 1. The maximum Gasteiger partial charge on any atom is 0.0700 e. The van der Waals surface area contributed by atoms with E-state index in [2.05, 4.69) is 22.6 Å². The minimum atomic E-state index is -0.0622. The van der Waals surface area contributed by atoms with Gasteiger partial charge >= 0.3 is 0 Å². The van der Waals surface area contributed by atoms with E-state index in [4.69, 9.17) is 5.26 Å². The molecule has 0 saturated carbocycles. The van der Waals surface area contributed by atoms with Crippen LogP contribution in [0.25, 0.3) is 0 Å². The molecule has 0 fully saturated rings. The Balaban J connectivity index is 0.00000144. The van der Waals surface area contributed by atoms with Gasteiger partial charge < -0.3 is 10.3 Å². The minimum absolute atomic E-state index is 0. The third-order valence-corrected chi connectivity index (χ3v) is 2.48. The molecule has 1 atom stereocenters. The second-order valence-electron chi connectivity index (χ2n) is 3.69. The smallest absolute Gasteiger partial charge is 0.0700 e. The summed E-state index contributed by atoms with van der Waals surface area (Å²) in [6, 6.07) is 10.1. The van der Waals surface area contributed by atoms with E-state index in [9.17, 15) is 0 Å². The second-order valence-corrected chi connectivity index (χ2v) is 3.69. The molecule has 0 unspecified atom stereocenters. The van der Waals surface area contributed by atoms with Crippen molar-refractivity contribution in [1.29, 1.82) is 5.26 Å². The average molecular weight is 299 g/mol. The predicted octanol–water partition coefficient (Wildman–Crippen LogP) is 2.84. The quantitative estimate of drug-likeness (QED) is 0.854. The number of benzene rings is 1. The van der Waals surface area contributed by atoms with E-state index < -0.39 is 0 Å². The van der Waals surface area contributed by atoms with Crippen LogP contribution >= 0.6 is 0 Å². The molecular formula is C13H12N3Y-. The fourth-order valence-electron chi connectivity index (χ4n) is 1.49. The van der Waals surface area contributed by atoms with Crippen molar-refractivity contribution in [3.05, 3.63) is 42.1 Å². The van der Waals surface area contributed by atoms with Gasteiger partial charge in [-0.25, -0.2) is 0 Å². The van der Waals surface area contributed by atoms with Crippen molar-refractivity contribution < 1.29 is 32.7 Å². The maximum atomic E-state index is 8.79. The molecule has 0 aromatic heterocycles. The zero-order valence-corrected chi connectivity index (χ0v) is 12.5. The number of hydrogen-bond donors (Lipinski definition) is 1. The van der Waals surface area contributed by atoms with Gasteiger partial charge in [0.25, 0.3) is 0 Å². The number of rotatable bonds is 2. The van der Waals surface area contributed by atoms with Crippen molar-refractivity contribution in [3.63, 3.8) is 0 Å². The molecule has 3 nitrogen and oxygen atoms in total. The van der Waals surface area contributed by atoms with Crippen LogP contribution in [-0.4, -0.2) is 5.84 Å². The fourth-order valence-corrected chi connectivity index (χ4v) is 1.49. The zero-order chi connectivity index (χ0) is 11.4. The van der Waals surface area contributed by atoms with Gasteiger partial charge in [0, 0.05) is 38.4 Å². The van der Waals surface area contributed by atoms with Crippen LogP contribution in [0.1, 0.15) is 24.8 Å². The van der Waals surface area contributed by atoms with Crippen LogP contribution in [0.3, 0.4) is 0 Å². The number of amidine groups is 1. The van der Waals surface area contributed by atoms with E-state index in [0.29, 0.717) is 0 Å². The van der Waals surface area contributed by atoms with Crippen molar-refractivity contribution in [3.8, 4) is 6.07 Å². The van der Waals surface area contributed by atoms with Gasteiger partial charge in [-0.2, -0.15) is 17.5 Å². The normalized spacial score (nSPS) is 14.5. The standard InChI is InChI=1S/C13H12N3.Y/c1-10(9-14)11-4-6-12(7-5-11)16-13-3-2-8-15-13;/h2,4-7,10H,3H2,1H3,(H,15,16);/q-1;/t10-;/m0./s1. The number of nitrogens with one attached hydrogen (secondary N) is 1. The molecule has 2 rings (SSSR count). The minimum Gasteiger partial charge on any atom is -0.441 e. The molecule has 0 saturated heterocycles. The third-order valence-electron chi connectivity index (χ3n) is 2.48. The van der Waals surface area contributed by atoms with E-state index in [1.54, 1.807) is 0 Å². The van der Waals surface area contributed by atoms with E-state index in [0.717, 1.165) is 23.5 Å². The summed E-state index contributed by atoms with van der Waals surface area (Å²) >= 11 is 0. The summed E-state index contributed by atoms with van der Waals surface area (Å²) in [7, 11) is 0. The molecule has 1 aromatic rings. The van der Waals surface area contributed by atoms with Gasteiger partial charge in [-0.1, -0.05) is 18.6 Å². The summed E-state index contributed by atoms with van der Waals surface area (Å²) in [5.74, 6) is 0.842. The molecule has 0 bridgehead atoms. The molecule has 1 heterocycles. The number of aliphatic imine (C=N–C) groups is 1. The number of nitrogens with zero attached hydrogens (tertiary/aromatic N) is 2. The molecule has 1 aliphatic rings. The van der Waals surface area contributed by atoms with Crippen LogP contribution in [0.4, 0.5) is 5.69 Å². The zero-order valence-electron chi connectivity index (χ0n) is 9.64. The molecule has 1 aliphatic heterocycles. The topological polar surface area (TPSA) is 48.2 Å². The Kier molecular flexibility index (Phi) is 5.54. The second kappa shape index (κ2) is 6.68. The van der Waals surface area contributed by atoms with E-state index in [1.165, 1.54) is 0 Å². The SMILES string of the molecule is C[C@@H](C#N)c1ccc(NC2=N[C-]=CC2)cc1.[Y]. The van der Waals surface area contributed by atoms with Gasteiger partial charge in [-0.15, -0.1) is 0 Å². The van der Waals surface area contributed by atoms with Crippen molar-refractivity contribution in [1.82, 2.24) is 0 Å². The molecule has 1 radical (unpaired) electrons. The molecule has 1 aromatic carbocycles. The summed E-state index contributed by atoms with van der Waals surface area (Å²) in [4.78, 5) is 4.05. The number of hydrogen-bond acceptors (Lipinski definition) is 3. The van der Waals surface area contributed by atoms with Crippen LogP contribution in [0.2, 0.25) is 0 Å². The van der Waals surface area contributed by atoms with Crippen molar-refractivity contribution in [2.75, 3.05) is 5.32 Å². The predicted molar refractivity (Wildman–Crippen MR) is 64.0 cm³/mol. The Labute approximate surface area is 127 Å². The summed E-state index contributed by atoms with van der Waals surface area (Å²) in [5, 5.41) is 12.0. The van der Waals surface area contributed by atoms with Gasteiger partial charge in [-0.05, 0) is 30.5 Å². The van der Waals surface area contributed by atoms with Crippen LogP contribution in [0, 0.1) is 17.5 Å². The molecule has 0 spiro atoms. The molecule has 83 valence electrons. The van der Waals surface area contributed by atoms with Crippen molar-refractivity contribution in [2.45, 2.75) is 19.3 Å². The summed E-state index contributed by atoms with van der Waals surface area (Å²) in [6.07, 6.45) is 5.47. The maximum absolute atomic E-state index is 8.79. The van der Waals surface area contributed by atoms with Crippen LogP contribution in [0.5, 0.6) is 0 Å².